The molecule has 2 rings (SSSR count). The summed E-state index contributed by atoms with van der Waals surface area (Å²) in [4.78, 5) is 4.77. The highest BCUT2D eigenvalue weighted by Crippen LogP contribution is 2.18. The van der Waals surface area contributed by atoms with E-state index >= 15 is 0 Å². The Hall–Kier alpha value is -1.37. The van der Waals surface area contributed by atoms with E-state index in [-0.39, 0.29) is 0 Å². The van der Waals surface area contributed by atoms with Gasteiger partial charge in [0.25, 0.3) is 0 Å². The summed E-state index contributed by atoms with van der Waals surface area (Å²) < 4.78 is 0. The van der Waals surface area contributed by atoms with E-state index in [1.54, 1.807) is 0 Å². The molecular formula is C15H21N3. The van der Waals surface area contributed by atoms with Gasteiger partial charge >= 0.3 is 0 Å². The lowest BCUT2D eigenvalue weighted by Crippen LogP contribution is -2.41. The second-order valence-corrected chi connectivity index (χ2v) is 5.24. The number of benzene rings is 1. The second-order valence-electron chi connectivity index (χ2n) is 5.24. The Labute approximate surface area is 110 Å². The standard InChI is InChI=1S/C15H21N3/c1-17(2)15-7-9-18(10-8-15)12-14-6-4-3-5-13(14)11-16/h3-6,15H,7-10,12H2,1-2H3. The van der Waals surface area contributed by atoms with E-state index in [1.807, 2.05) is 18.2 Å². The summed E-state index contributed by atoms with van der Waals surface area (Å²) in [6.45, 7) is 3.16. The summed E-state index contributed by atoms with van der Waals surface area (Å²) in [6.07, 6.45) is 2.45. The Bertz CT molecular complexity index is 426. The lowest BCUT2D eigenvalue weighted by Gasteiger charge is -2.35. The Kier molecular flexibility index (Phi) is 4.35. The van der Waals surface area contributed by atoms with Crippen molar-refractivity contribution in [2.75, 3.05) is 27.2 Å². The van der Waals surface area contributed by atoms with Gasteiger partial charge in [-0.05, 0) is 51.7 Å². The number of nitrogens with zero attached hydrogens (tertiary/aromatic N) is 3. The molecule has 0 saturated carbocycles. The molecule has 0 aromatic heterocycles. The number of hydrogen-bond donors (Lipinski definition) is 0. The van der Waals surface area contributed by atoms with E-state index in [1.165, 1.54) is 12.8 Å². The highest BCUT2D eigenvalue weighted by atomic mass is 15.2. The zero-order chi connectivity index (χ0) is 13.0. The highest BCUT2D eigenvalue weighted by Gasteiger charge is 2.20. The summed E-state index contributed by atoms with van der Waals surface area (Å²) in [6, 6.07) is 10.9. The second kappa shape index (κ2) is 5.99. The van der Waals surface area contributed by atoms with Crippen molar-refractivity contribution in [1.82, 2.24) is 9.80 Å². The molecule has 1 aromatic rings. The van der Waals surface area contributed by atoms with Crippen LogP contribution in [0.2, 0.25) is 0 Å². The van der Waals surface area contributed by atoms with Gasteiger partial charge in [-0.3, -0.25) is 4.90 Å². The summed E-state index contributed by atoms with van der Waals surface area (Å²) >= 11 is 0. The maximum absolute atomic E-state index is 9.09. The first kappa shape index (κ1) is 13.1. The third-order valence-electron chi connectivity index (χ3n) is 3.82. The molecule has 1 fully saturated rings. The molecule has 1 heterocycles. The fourth-order valence-electron chi connectivity index (χ4n) is 2.60. The van der Waals surface area contributed by atoms with Crippen LogP contribution in [0.25, 0.3) is 0 Å². The van der Waals surface area contributed by atoms with Crippen LogP contribution in [0.4, 0.5) is 0 Å². The smallest absolute Gasteiger partial charge is 0.0995 e. The SMILES string of the molecule is CN(C)C1CCN(Cc2ccccc2C#N)CC1. The van der Waals surface area contributed by atoms with Crippen LogP contribution < -0.4 is 0 Å². The van der Waals surface area contributed by atoms with Gasteiger partial charge in [-0.1, -0.05) is 18.2 Å². The van der Waals surface area contributed by atoms with Crippen molar-refractivity contribution >= 4 is 0 Å². The minimum Gasteiger partial charge on any atom is -0.306 e. The molecule has 0 aliphatic carbocycles. The van der Waals surface area contributed by atoms with Gasteiger partial charge in [0.15, 0.2) is 0 Å². The predicted octanol–water partition coefficient (Wildman–Crippen LogP) is 2.08. The molecule has 0 spiro atoms. The minimum absolute atomic E-state index is 0.715. The lowest BCUT2D eigenvalue weighted by molar-refractivity contribution is 0.140. The summed E-state index contributed by atoms with van der Waals surface area (Å²) in [5.74, 6) is 0. The monoisotopic (exact) mass is 243 g/mol. The zero-order valence-corrected chi connectivity index (χ0v) is 11.3. The maximum Gasteiger partial charge on any atom is 0.0995 e. The molecule has 1 aromatic carbocycles. The molecule has 3 heteroatoms. The molecule has 1 aliphatic heterocycles. The molecule has 1 saturated heterocycles. The Balaban J connectivity index is 1.94. The van der Waals surface area contributed by atoms with Gasteiger partial charge in [0.05, 0.1) is 11.6 Å². The zero-order valence-electron chi connectivity index (χ0n) is 11.3. The van der Waals surface area contributed by atoms with Crippen molar-refractivity contribution in [3.63, 3.8) is 0 Å². The van der Waals surface area contributed by atoms with Crippen LogP contribution in [0.5, 0.6) is 0 Å². The molecule has 18 heavy (non-hydrogen) atoms. The third-order valence-corrected chi connectivity index (χ3v) is 3.82. The number of rotatable bonds is 3. The summed E-state index contributed by atoms with van der Waals surface area (Å²) in [5.41, 5.74) is 1.97. The van der Waals surface area contributed by atoms with Crippen LogP contribution in [0, 0.1) is 11.3 Å². The largest absolute Gasteiger partial charge is 0.306 e. The van der Waals surface area contributed by atoms with Crippen molar-refractivity contribution < 1.29 is 0 Å². The molecule has 1 aliphatic rings. The Morgan fingerprint density at radius 3 is 2.56 bits per heavy atom. The third kappa shape index (κ3) is 3.10. The van der Waals surface area contributed by atoms with Gasteiger partial charge in [0, 0.05) is 12.6 Å². The minimum atomic E-state index is 0.715. The molecular weight excluding hydrogens is 222 g/mol. The molecule has 0 radical (unpaired) electrons. The fourth-order valence-corrected chi connectivity index (χ4v) is 2.60. The van der Waals surface area contributed by atoms with E-state index in [2.05, 4.69) is 36.0 Å². The van der Waals surface area contributed by atoms with Crippen molar-refractivity contribution in [1.29, 1.82) is 5.26 Å². The van der Waals surface area contributed by atoms with E-state index in [9.17, 15) is 0 Å². The van der Waals surface area contributed by atoms with Gasteiger partial charge < -0.3 is 4.90 Å². The fraction of sp³-hybridized carbons (Fsp3) is 0.533. The molecule has 0 atom stereocenters. The molecule has 3 nitrogen and oxygen atoms in total. The average Bonchev–Trinajstić information content (AvgIpc) is 2.40. The van der Waals surface area contributed by atoms with E-state index in [0.29, 0.717) is 6.04 Å². The first-order valence-electron chi connectivity index (χ1n) is 6.57. The van der Waals surface area contributed by atoms with Crippen LogP contribution in [-0.2, 0) is 6.54 Å². The van der Waals surface area contributed by atoms with E-state index in [4.69, 9.17) is 5.26 Å². The molecule has 0 unspecified atom stereocenters. The van der Waals surface area contributed by atoms with Crippen LogP contribution >= 0.6 is 0 Å². The normalized spacial score (nSPS) is 17.9. The predicted molar refractivity (Wildman–Crippen MR) is 73.1 cm³/mol. The summed E-state index contributed by atoms with van der Waals surface area (Å²) in [7, 11) is 4.32. The molecule has 0 amide bonds. The van der Waals surface area contributed by atoms with Crippen LogP contribution in [0.1, 0.15) is 24.0 Å². The number of hydrogen-bond acceptors (Lipinski definition) is 3. The maximum atomic E-state index is 9.09. The van der Waals surface area contributed by atoms with Gasteiger partial charge in [0.2, 0.25) is 0 Å². The summed E-state index contributed by atoms with van der Waals surface area (Å²) in [5, 5.41) is 9.09. The number of piperidine rings is 1. The van der Waals surface area contributed by atoms with Gasteiger partial charge in [0.1, 0.15) is 0 Å². The Morgan fingerprint density at radius 2 is 1.94 bits per heavy atom. The van der Waals surface area contributed by atoms with Gasteiger partial charge in [-0.15, -0.1) is 0 Å². The van der Waals surface area contributed by atoms with Gasteiger partial charge in [-0.25, -0.2) is 0 Å². The van der Waals surface area contributed by atoms with Crippen molar-refractivity contribution in [3.8, 4) is 6.07 Å². The highest BCUT2D eigenvalue weighted by molar-refractivity contribution is 5.37. The van der Waals surface area contributed by atoms with Crippen LogP contribution in [0.3, 0.4) is 0 Å². The lowest BCUT2D eigenvalue weighted by atomic mass is 10.0. The first-order valence-corrected chi connectivity index (χ1v) is 6.57. The quantitative estimate of drug-likeness (QED) is 0.814. The Morgan fingerprint density at radius 1 is 1.28 bits per heavy atom. The topological polar surface area (TPSA) is 30.3 Å². The van der Waals surface area contributed by atoms with E-state index in [0.717, 1.165) is 30.8 Å². The molecule has 96 valence electrons. The van der Waals surface area contributed by atoms with Gasteiger partial charge in [-0.2, -0.15) is 5.26 Å². The molecule has 0 bridgehead atoms. The van der Waals surface area contributed by atoms with Crippen molar-refractivity contribution in [2.24, 2.45) is 0 Å². The van der Waals surface area contributed by atoms with Crippen molar-refractivity contribution in [3.05, 3.63) is 35.4 Å². The van der Waals surface area contributed by atoms with Crippen LogP contribution in [-0.4, -0.2) is 43.0 Å². The van der Waals surface area contributed by atoms with Crippen molar-refractivity contribution in [2.45, 2.75) is 25.4 Å². The van der Waals surface area contributed by atoms with Crippen LogP contribution in [0.15, 0.2) is 24.3 Å². The first-order chi connectivity index (χ1) is 8.70. The molecule has 0 N–H and O–H groups in total. The number of likely N-dealkylation sites (tertiary alicyclic amines) is 1. The van der Waals surface area contributed by atoms with E-state index < -0.39 is 0 Å². The number of nitriles is 1. The average molecular weight is 243 g/mol.